The van der Waals surface area contributed by atoms with Crippen LogP contribution in [-0.2, 0) is 9.16 Å². The van der Waals surface area contributed by atoms with E-state index in [0.717, 1.165) is 12.8 Å². The molecule has 0 fully saturated rings. The van der Waals surface area contributed by atoms with Crippen molar-refractivity contribution in [1.82, 2.24) is 4.90 Å². The molecular weight excluding hydrogens is 308 g/mol. The fourth-order valence-corrected chi connectivity index (χ4v) is 3.05. The molecule has 5 nitrogen and oxygen atoms in total. The minimum atomic E-state index is -1.31. The minimum Gasteiger partial charge on any atom is -0.444 e. The number of hydrogen-bond acceptors (Lipinski definition) is 4. The predicted molar refractivity (Wildman–Crippen MR) is 99.0 cm³/mol. The fourth-order valence-electron chi connectivity index (χ4n) is 2.15. The second-order valence-electron chi connectivity index (χ2n) is 8.71. The van der Waals surface area contributed by atoms with E-state index in [1.165, 1.54) is 0 Å². The molecule has 0 aromatic carbocycles. The maximum atomic E-state index is 12.7. The van der Waals surface area contributed by atoms with E-state index < -0.39 is 14.6 Å². The van der Waals surface area contributed by atoms with E-state index in [1.54, 1.807) is 4.90 Å². The van der Waals surface area contributed by atoms with Gasteiger partial charge in [0.25, 0.3) is 0 Å². The number of nitrogens with two attached hydrogens (primary N) is 1. The molecule has 2 N–H and O–H groups in total. The molecule has 0 saturated heterocycles. The molecule has 2 unspecified atom stereocenters. The van der Waals surface area contributed by atoms with E-state index in [2.05, 4.69) is 33.9 Å². The molecule has 0 spiro atoms. The number of amides is 1. The summed E-state index contributed by atoms with van der Waals surface area (Å²) in [5.41, 5.74) is 5.48. The van der Waals surface area contributed by atoms with Gasteiger partial charge < -0.3 is 14.9 Å². The Kier molecular flexibility index (Phi) is 8.80. The van der Waals surface area contributed by atoms with Gasteiger partial charge in [-0.05, 0) is 59.0 Å². The zero-order chi connectivity index (χ0) is 18.4. The number of hydrogen-bond donors (Lipinski definition) is 1. The van der Waals surface area contributed by atoms with Crippen molar-refractivity contribution in [3.63, 3.8) is 0 Å². The molecule has 1 amide bonds. The highest BCUT2D eigenvalue weighted by atomic mass is 28.3. The summed E-state index contributed by atoms with van der Waals surface area (Å²) in [6.45, 7) is 18.8. The Morgan fingerprint density at radius 1 is 1.17 bits per heavy atom. The number of carbonyl (C=O) groups is 1. The predicted octanol–water partition coefficient (Wildman–Crippen LogP) is 3.72. The first-order chi connectivity index (χ1) is 10.3. The largest absolute Gasteiger partial charge is 0.444 e. The Bertz CT molecular complexity index is 362. The van der Waals surface area contributed by atoms with Crippen LogP contribution in [0.25, 0.3) is 0 Å². The SMILES string of the molecule is CC(CN)N(C(=O)OC(C)(C)C)C(CCC(C)(C)C)O[SiH](C)C. The lowest BCUT2D eigenvalue weighted by molar-refractivity contribution is -0.0398. The Balaban J connectivity index is 5.32. The molecule has 0 radical (unpaired) electrons. The van der Waals surface area contributed by atoms with Crippen LogP contribution in [0, 0.1) is 5.41 Å². The standard InChI is InChI=1S/C17H38N2O3Si/c1-13(12-18)19(15(20)21-17(5,6)7)14(22-23(8)9)10-11-16(2,3)4/h13-14,23H,10-12,18H2,1-9H3. The quantitative estimate of drug-likeness (QED) is 0.563. The van der Waals surface area contributed by atoms with E-state index in [1.807, 2.05) is 27.7 Å². The summed E-state index contributed by atoms with van der Waals surface area (Å²) in [4.78, 5) is 14.4. The number of carbonyl (C=O) groups excluding carboxylic acids is 1. The van der Waals surface area contributed by atoms with E-state index in [-0.39, 0.29) is 23.8 Å². The maximum absolute atomic E-state index is 12.7. The van der Waals surface area contributed by atoms with Crippen molar-refractivity contribution in [3.8, 4) is 0 Å². The van der Waals surface area contributed by atoms with Crippen LogP contribution in [-0.4, -0.2) is 44.4 Å². The van der Waals surface area contributed by atoms with Crippen LogP contribution in [0.15, 0.2) is 0 Å². The van der Waals surface area contributed by atoms with Gasteiger partial charge in [0.1, 0.15) is 11.8 Å². The average molecular weight is 347 g/mol. The monoisotopic (exact) mass is 346 g/mol. The third kappa shape index (κ3) is 9.99. The second-order valence-corrected chi connectivity index (χ2v) is 11.1. The van der Waals surface area contributed by atoms with Gasteiger partial charge in [0.05, 0.1) is 0 Å². The highest BCUT2D eigenvalue weighted by molar-refractivity contribution is 6.48. The molecule has 0 aliphatic heterocycles. The third-order valence-electron chi connectivity index (χ3n) is 3.30. The Morgan fingerprint density at radius 3 is 2.04 bits per heavy atom. The molecule has 0 aliphatic rings. The zero-order valence-corrected chi connectivity index (χ0v) is 17.8. The summed E-state index contributed by atoms with van der Waals surface area (Å²) in [7, 11) is -1.31. The van der Waals surface area contributed by atoms with E-state index in [4.69, 9.17) is 14.9 Å². The number of rotatable bonds is 7. The van der Waals surface area contributed by atoms with E-state index in [9.17, 15) is 4.79 Å². The molecule has 0 bridgehead atoms. The Labute approximate surface area is 144 Å². The van der Waals surface area contributed by atoms with Crippen molar-refractivity contribution in [2.24, 2.45) is 11.1 Å². The highest BCUT2D eigenvalue weighted by Crippen LogP contribution is 2.26. The summed E-state index contributed by atoms with van der Waals surface area (Å²) in [6, 6.07) is -0.123. The van der Waals surface area contributed by atoms with Gasteiger partial charge in [-0.1, -0.05) is 20.8 Å². The van der Waals surface area contributed by atoms with Crippen LogP contribution in [0.2, 0.25) is 13.1 Å². The molecule has 0 rings (SSSR count). The lowest BCUT2D eigenvalue weighted by atomic mass is 9.90. The Morgan fingerprint density at radius 2 is 1.70 bits per heavy atom. The van der Waals surface area contributed by atoms with Crippen LogP contribution < -0.4 is 5.73 Å². The average Bonchev–Trinajstić information content (AvgIpc) is 2.31. The molecule has 138 valence electrons. The number of nitrogens with zero attached hydrogens (tertiary/aromatic N) is 1. The van der Waals surface area contributed by atoms with Crippen molar-refractivity contribution >= 4 is 15.1 Å². The van der Waals surface area contributed by atoms with Crippen LogP contribution in [0.4, 0.5) is 4.79 Å². The van der Waals surface area contributed by atoms with Crippen molar-refractivity contribution in [2.75, 3.05) is 6.54 Å². The van der Waals surface area contributed by atoms with Crippen LogP contribution in [0.1, 0.15) is 61.3 Å². The summed E-state index contributed by atoms with van der Waals surface area (Å²) < 4.78 is 11.8. The van der Waals surface area contributed by atoms with Gasteiger partial charge >= 0.3 is 6.09 Å². The van der Waals surface area contributed by atoms with Gasteiger partial charge in [-0.25, -0.2) is 4.79 Å². The second kappa shape index (κ2) is 9.04. The van der Waals surface area contributed by atoms with Gasteiger partial charge in [-0.3, -0.25) is 4.90 Å². The summed E-state index contributed by atoms with van der Waals surface area (Å²) in [6.07, 6.45) is 1.14. The van der Waals surface area contributed by atoms with Crippen molar-refractivity contribution in [1.29, 1.82) is 0 Å². The van der Waals surface area contributed by atoms with Crippen LogP contribution >= 0.6 is 0 Å². The fraction of sp³-hybridized carbons (Fsp3) is 0.941. The molecule has 2 atom stereocenters. The minimum absolute atomic E-state index is 0.123. The molecule has 0 aromatic heterocycles. The van der Waals surface area contributed by atoms with Crippen molar-refractivity contribution in [2.45, 2.75) is 92.3 Å². The van der Waals surface area contributed by atoms with Gasteiger partial charge in [0.2, 0.25) is 0 Å². The molecule has 6 heteroatoms. The highest BCUT2D eigenvalue weighted by Gasteiger charge is 2.33. The maximum Gasteiger partial charge on any atom is 0.412 e. The normalized spacial score (nSPS) is 15.4. The molecule has 0 heterocycles. The van der Waals surface area contributed by atoms with Crippen molar-refractivity contribution < 1.29 is 14.0 Å². The van der Waals surface area contributed by atoms with E-state index in [0.29, 0.717) is 6.54 Å². The van der Waals surface area contributed by atoms with Gasteiger partial charge in [0.15, 0.2) is 9.04 Å². The van der Waals surface area contributed by atoms with Crippen molar-refractivity contribution in [3.05, 3.63) is 0 Å². The number of ether oxygens (including phenoxy) is 1. The third-order valence-corrected chi connectivity index (χ3v) is 4.16. The first kappa shape index (κ1) is 22.4. The molecule has 0 aliphatic carbocycles. The molecular formula is C17H38N2O3Si. The molecule has 0 aromatic rings. The summed E-state index contributed by atoms with van der Waals surface area (Å²) >= 11 is 0. The lowest BCUT2D eigenvalue weighted by Gasteiger charge is -2.38. The first-order valence-corrected chi connectivity index (χ1v) is 11.4. The first-order valence-electron chi connectivity index (χ1n) is 8.63. The van der Waals surface area contributed by atoms with Gasteiger partial charge in [0, 0.05) is 12.6 Å². The lowest BCUT2D eigenvalue weighted by Crippen LogP contribution is -2.52. The van der Waals surface area contributed by atoms with E-state index >= 15 is 0 Å². The zero-order valence-electron chi connectivity index (χ0n) is 16.6. The molecule has 0 saturated carbocycles. The summed E-state index contributed by atoms with van der Waals surface area (Å²) in [5.74, 6) is 0. The van der Waals surface area contributed by atoms with Crippen LogP contribution in [0.5, 0.6) is 0 Å². The smallest absolute Gasteiger partial charge is 0.412 e. The Hall–Kier alpha value is -0.593. The summed E-state index contributed by atoms with van der Waals surface area (Å²) in [5, 5.41) is 0. The molecule has 23 heavy (non-hydrogen) atoms. The van der Waals surface area contributed by atoms with Gasteiger partial charge in [-0.2, -0.15) is 0 Å². The van der Waals surface area contributed by atoms with Gasteiger partial charge in [-0.15, -0.1) is 0 Å². The van der Waals surface area contributed by atoms with Crippen LogP contribution in [0.3, 0.4) is 0 Å². The topological polar surface area (TPSA) is 64.8 Å².